The molecule has 0 spiro atoms. The van der Waals surface area contributed by atoms with Crippen LogP contribution in [0.15, 0.2) is 12.4 Å². The molecule has 0 saturated carbocycles. The van der Waals surface area contributed by atoms with Gasteiger partial charge in [-0.15, -0.1) is 0 Å². The molecule has 0 aliphatic carbocycles. The van der Waals surface area contributed by atoms with Crippen LogP contribution < -0.4 is 10.2 Å². The number of hydrogen-bond donors (Lipinski definition) is 1. The highest BCUT2D eigenvalue weighted by atomic mass is 16.5. The van der Waals surface area contributed by atoms with Crippen molar-refractivity contribution >= 4 is 11.6 Å². The Balaban J connectivity index is 1.60. The van der Waals surface area contributed by atoms with Gasteiger partial charge in [0.1, 0.15) is 18.0 Å². The van der Waals surface area contributed by atoms with Crippen molar-refractivity contribution in [2.45, 2.75) is 70.9 Å². The zero-order valence-electron chi connectivity index (χ0n) is 15.2. The van der Waals surface area contributed by atoms with E-state index in [0.29, 0.717) is 18.1 Å². The number of hydrogen-bond acceptors (Lipinski definition) is 5. The van der Waals surface area contributed by atoms with Crippen LogP contribution in [0.2, 0.25) is 0 Å². The highest BCUT2D eigenvalue weighted by Gasteiger charge is 2.27. The fourth-order valence-corrected chi connectivity index (χ4v) is 4.03. The van der Waals surface area contributed by atoms with Crippen molar-refractivity contribution in [2.24, 2.45) is 5.92 Å². The molecule has 2 saturated heterocycles. The molecule has 0 bridgehead atoms. The lowest BCUT2D eigenvalue weighted by molar-refractivity contribution is -0.0271. The van der Waals surface area contributed by atoms with Crippen molar-refractivity contribution < 1.29 is 4.74 Å². The highest BCUT2D eigenvalue weighted by Crippen LogP contribution is 2.27. The maximum absolute atomic E-state index is 6.03. The van der Waals surface area contributed by atoms with Crippen LogP contribution in [0.1, 0.15) is 58.8 Å². The first-order chi connectivity index (χ1) is 11.8. The van der Waals surface area contributed by atoms with E-state index < -0.39 is 0 Å². The number of aromatic nitrogens is 2. The van der Waals surface area contributed by atoms with Gasteiger partial charge in [0.15, 0.2) is 0 Å². The van der Waals surface area contributed by atoms with E-state index in [4.69, 9.17) is 4.74 Å². The van der Waals surface area contributed by atoms with Crippen molar-refractivity contribution in [3.05, 3.63) is 12.4 Å². The second kappa shape index (κ2) is 8.65. The van der Waals surface area contributed by atoms with E-state index in [-0.39, 0.29) is 0 Å². The summed E-state index contributed by atoms with van der Waals surface area (Å²) in [7, 11) is 0. The van der Waals surface area contributed by atoms with Gasteiger partial charge < -0.3 is 15.0 Å². The highest BCUT2D eigenvalue weighted by molar-refractivity contribution is 5.49. The van der Waals surface area contributed by atoms with E-state index in [9.17, 15) is 0 Å². The molecule has 3 heterocycles. The standard InChI is InChI=1S/C19H32N4O/c1-3-15(4-2)17-12-16(8-11-24-17)22-18-13-19(21-14-20-18)23-9-6-5-7-10-23/h13-17H,3-12H2,1-2H3,(H,20,21,22). The monoisotopic (exact) mass is 332 g/mol. The van der Waals surface area contributed by atoms with Crippen LogP contribution in [0.5, 0.6) is 0 Å². The van der Waals surface area contributed by atoms with E-state index in [2.05, 4.69) is 40.1 Å². The van der Waals surface area contributed by atoms with Crippen molar-refractivity contribution in [1.29, 1.82) is 0 Å². The summed E-state index contributed by atoms with van der Waals surface area (Å²) in [5.74, 6) is 2.69. The van der Waals surface area contributed by atoms with Crippen LogP contribution in [0.4, 0.5) is 11.6 Å². The Morgan fingerprint density at radius 3 is 2.75 bits per heavy atom. The molecule has 1 aromatic heterocycles. The zero-order chi connectivity index (χ0) is 16.8. The zero-order valence-corrected chi connectivity index (χ0v) is 15.2. The van der Waals surface area contributed by atoms with Gasteiger partial charge in [-0.1, -0.05) is 26.7 Å². The van der Waals surface area contributed by atoms with Gasteiger partial charge in [0, 0.05) is 31.8 Å². The number of anilines is 2. The first kappa shape index (κ1) is 17.5. The predicted octanol–water partition coefficient (Wildman–Crippen LogP) is 3.86. The molecule has 2 unspecified atom stereocenters. The van der Waals surface area contributed by atoms with Gasteiger partial charge in [-0.25, -0.2) is 9.97 Å². The van der Waals surface area contributed by atoms with Crippen LogP contribution in [0, 0.1) is 5.92 Å². The molecule has 24 heavy (non-hydrogen) atoms. The molecule has 0 aromatic carbocycles. The molecule has 2 atom stereocenters. The van der Waals surface area contributed by atoms with Gasteiger partial charge in [0.25, 0.3) is 0 Å². The Labute approximate surface area is 146 Å². The molecule has 0 amide bonds. The lowest BCUT2D eigenvalue weighted by atomic mass is 9.89. The van der Waals surface area contributed by atoms with Crippen molar-refractivity contribution in [3.63, 3.8) is 0 Å². The van der Waals surface area contributed by atoms with Crippen molar-refractivity contribution in [3.8, 4) is 0 Å². The summed E-state index contributed by atoms with van der Waals surface area (Å²) in [6.07, 6.45) is 10.5. The maximum Gasteiger partial charge on any atom is 0.134 e. The van der Waals surface area contributed by atoms with Gasteiger partial charge in [-0.2, -0.15) is 0 Å². The Morgan fingerprint density at radius 1 is 1.21 bits per heavy atom. The van der Waals surface area contributed by atoms with E-state index in [1.54, 1.807) is 6.33 Å². The maximum atomic E-state index is 6.03. The number of rotatable bonds is 6. The molecular formula is C19H32N4O. The molecule has 1 N–H and O–H groups in total. The number of ether oxygens (including phenoxy) is 1. The molecule has 0 radical (unpaired) electrons. The largest absolute Gasteiger partial charge is 0.378 e. The Morgan fingerprint density at radius 2 is 2.00 bits per heavy atom. The van der Waals surface area contributed by atoms with Crippen LogP contribution >= 0.6 is 0 Å². The minimum Gasteiger partial charge on any atom is -0.378 e. The smallest absolute Gasteiger partial charge is 0.134 e. The predicted molar refractivity (Wildman–Crippen MR) is 98.6 cm³/mol. The molecule has 2 fully saturated rings. The summed E-state index contributed by atoms with van der Waals surface area (Å²) < 4.78 is 6.03. The SMILES string of the molecule is CCC(CC)C1CC(Nc2cc(N3CCCCC3)ncn2)CCO1. The first-order valence-corrected chi connectivity index (χ1v) is 9.75. The minimum atomic E-state index is 0.384. The van der Waals surface area contributed by atoms with E-state index >= 15 is 0 Å². The molecular weight excluding hydrogens is 300 g/mol. The van der Waals surface area contributed by atoms with Gasteiger partial charge in [-0.3, -0.25) is 0 Å². The summed E-state index contributed by atoms with van der Waals surface area (Å²) in [6.45, 7) is 7.62. The summed E-state index contributed by atoms with van der Waals surface area (Å²) in [4.78, 5) is 11.3. The van der Waals surface area contributed by atoms with Crippen LogP contribution in [-0.4, -0.2) is 41.8 Å². The molecule has 5 nitrogen and oxygen atoms in total. The van der Waals surface area contributed by atoms with Gasteiger partial charge in [0.05, 0.1) is 6.10 Å². The molecule has 1 aromatic rings. The molecule has 3 rings (SSSR count). The summed E-state index contributed by atoms with van der Waals surface area (Å²) in [5, 5.41) is 3.64. The third-order valence-electron chi connectivity index (χ3n) is 5.57. The van der Waals surface area contributed by atoms with E-state index in [1.165, 1.54) is 32.1 Å². The van der Waals surface area contributed by atoms with Gasteiger partial charge in [0.2, 0.25) is 0 Å². The topological polar surface area (TPSA) is 50.3 Å². The molecule has 5 heteroatoms. The number of nitrogens with one attached hydrogen (secondary N) is 1. The lowest BCUT2D eigenvalue weighted by Crippen LogP contribution is -2.38. The normalized spacial score (nSPS) is 25.0. The fourth-order valence-electron chi connectivity index (χ4n) is 4.03. The minimum absolute atomic E-state index is 0.384. The molecule has 2 aliphatic heterocycles. The molecule has 134 valence electrons. The Bertz CT molecular complexity index is 500. The van der Waals surface area contributed by atoms with E-state index in [1.807, 2.05) is 0 Å². The lowest BCUT2D eigenvalue weighted by Gasteiger charge is -2.34. The second-order valence-corrected chi connectivity index (χ2v) is 7.16. The summed E-state index contributed by atoms with van der Waals surface area (Å²) in [5.41, 5.74) is 0. The van der Waals surface area contributed by atoms with E-state index in [0.717, 1.165) is 44.2 Å². The van der Waals surface area contributed by atoms with Gasteiger partial charge in [-0.05, 0) is 38.0 Å². The second-order valence-electron chi connectivity index (χ2n) is 7.16. The average molecular weight is 332 g/mol. The average Bonchev–Trinajstić information content (AvgIpc) is 2.64. The summed E-state index contributed by atoms with van der Waals surface area (Å²) >= 11 is 0. The number of nitrogens with zero attached hydrogens (tertiary/aromatic N) is 3. The van der Waals surface area contributed by atoms with Crippen molar-refractivity contribution in [2.75, 3.05) is 29.9 Å². The third-order valence-corrected chi connectivity index (χ3v) is 5.57. The fraction of sp³-hybridized carbons (Fsp3) is 0.789. The van der Waals surface area contributed by atoms with Gasteiger partial charge >= 0.3 is 0 Å². The first-order valence-electron chi connectivity index (χ1n) is 9.75. The van der Waals surface area contributed by atoms with Crippen LogP contribution in [0.3, 0.4) is 0 Å². The number of piperidine rings is 1. The summed E-state index contributed by atoms with van der Waals surface area (Å²) in [6, 6.07) is 2.57. The van der Waals surface area contributed by atoms with Crippen molar-refractivity contribution in [1.82, 2.24) is 9.97 Å². The Hall–Kier alpha value is -1.36. The third kappa shape index (κ3) is 4.38. The quantitative estimate of drug-likeness (QED) is 0.857. The molecule has 2 aliphatic rings. The Kier molecular flexibility index (Phi) is 6.30. The van der Waals surface area contributed by atoms with Crippen LogP contribution in [-0.2, 0) is 4.74 Å². The van der Waals surface area contributed by atoms with Crippen LogP contribution in [0.25, 0.3) is 0 Å².